The minimum absolute atomic E-state index is 0.304. The molecule has 92 valence electrons. The largest absolute Gasteiger partial charge is 0.271 e. The molecule has 0 aliphatic carbocycles. The first-order chi connectivity index (χ1) is 7.56. The summed E-state index contributed by atoms with van der Waals surface area (Å²) in [6.07, 6.45) is 5.34. The smallest absolute Gasteiger partial charge is 0.0846 e. The zero-order chi connectivity index (χ0) is 12.1. The van der Waals surface area contributed by atoms with Gasteiger partial charge in [-0.25, -0.2) is 0 Å². The predicted molar refractivity (Wildman–Crippen MR) is 70.4 cm³/mol. The predicted octanol–water partition coefficient (Wildman–Crippen LogP) is 4.11. The highest BCUT2D eigenvalue weighted by molar-refractivity contribution is 6.31. The molecule has 0 aliphatic heterocycles. The van der Waals surface area contributed by atoms with Crippen LogP contribution in [0, 0.1) is 6.92 Å². The lowest BCUT2D eigenvalue weighted by Crippen LogP contribution is -2.02. The first kappa shape index (κ1) is 13.9. The van der Waals surface area contributed by atoms with Crippen molar-refractivity contribution in [3.63, 3.8) is 0 Å². The van der Waals surface area contributed by atoms with Crippen molar-refractivity contribution in [1.82, 2.24) is 9.78 Å². The van der Waals surface area contributed by atoms with E-state index >= 15 is 0 Å². The van der Waals surface area contributed by atoms with Crippen LogP contribution in [0.1, 0.15) is 44.0 Å². The molecule has 0 fully saturated rings. The lowest BCUT2D eigenvalue weighted by molar-refractivity contribution is 0.615. The molecular formula is C12H20Cl2N2. The summed E-state index contributed by atoms with van der Waals surface area (Å²) in [4.78, 5) is 0. The minimum atomic E-state index is 0.304. The van der Waals surface area contributed by atoms with Crippen LogP contribution in [0.5, 0.6) is 0 Å². The molecule has 0 bridgehead atoms. The van der Waals surface area contributed by atoms with Gasteiger partial charge in [0.25, 0.3) is 0 Å². The van der Waals surface area contributed by atoms with Crippen molar-refractivity contribution in [2.45, 2.75) is 51.3 Å². The van der Waals surface area contributed by atoms with Crippen molar-refractivity contribution in [3.05, 3.63) is 16.4 Å². The van der Waals surface area contributed by atoms with E-state index in [-0.39, 0.29) is 0 Å². The first-order valence-corrected chi connectivity index (χ1v) is 6.69. The highest BCUT2D eigenvalue weighted by Gasteiger charge is 2.11. The average Bonchev–Trinajstić information content (AvgIpc) is 2.45. The molecule has 4 heteroatoms. The molecule has 1 atom stereocenters. The molecule has 1 rings (SSSR count). The summed E-state index contributed by atoms with van der Waals surface area (Å²) in [6, 6.07) is 0. The van der Waals surface area contributed by atoms with E-state index in [9.17, 15) is 0 Å². The molecule has 0 saturated heterocycles. The Balaban J connectivity index is 2.43. The summed E-state index contributed by atoms with van der Waals surface area (Å²) in [6.45, 7) is 4.10. The van der Waals surface area contributed by atoms with Gasteiger partial charge in [0.15, 0.2) is 0 Å². The first-order valence-electron chi connectivity index (χ1n) is 5.88. The number of aryl methyl sites for hydroxylation is 2. The van der Waals surface area contributed by atoms with E-state index in [2.05, 4.69) is 12.0 Å². The molecule has 1 unspecified atom stereocenters. The lowest BCUT2D eigenvalue weighted by Gasteiger charge is -2.07. The summed E-state index contributed by atoms with van der Waals surface area (Å²) in [5, 5.41) is 5.41. The van der Waals surface area contributed by atoms with Crippen molar-refractivity contribution in [2.75, 3.05) is 0 Å². The van der Waals surface area contributed by atoms with Gasteiger partial charge in [-0.05, 0) is 32.6 Å². The highest BCUT2D eigenvalue weighted by atomic mass is 35.5. The van der Waals surface area contributed by atoms with E-state index in [1.54, 1.807) is 0 Å². The van der Waals surface area contributed by atoms with E-state index in [0.29, 0.717) is 5.38 Å². The summed E-state index contributed by atoms with van der Waals surface area (Å²) >= 11 is 12.4. The van der Waals surface area contributed by atoms with Gasteiger partial charge in [-0.15, -0.1) is 11.6 Å². The quantitative estimate of drug-likeness (QED) is 0.706. The van der Waals surface area contributed by atoms with E-state index in [1.807, 2.05) is 18.7 Å². The number of rotatable bonds is 6. The number of alkyl halides is 1. The van der Waals surface area contributed by atoms with Crippen LogP contribution in [-0.4, -0.2) is 15.2 Å². The molecule has 0 N–H and O–H groups in total. The lowest BCUT2D eigenvalue weighted by atomic mass is 10.1. The van der Waals surface area contributed by atoms with Crippen molar-refractivity contribution >= 4 is 23.2 Å². The van der Waals surface area contributed by atoms with E-state index < -0.39 is 0 Å². The number of nitrogens with zero attached hydrogens (tertiary/aromatic N) is 2. The fraction of sp³-hybridized carbons (Fsp3) is 0.750. The van der Waals surface area contributed by atoms with Crippen LogP contribution >= 0.6 is 23.2 Å². The van der Waals surface area contributed by atoms with Gasteiger partial charge in [-0.1, -0.05) is 24.9 Å². The van der Waals surface area contributed by atoms with Gasteiger partial charge in [0.05, 0.1) is 16.4 Å². The maximum absolute atomic E-state index is 6.18. The van der Waals surface area contributed by atoms with Gasteiger partial charge in [-0.3, -0.25) is 4.68 Å². The molecule has 0 saturated carbocycles. The molecule has 1 aromatic heterocycles. The summed E-state index contributed by atoms with van der Waals surface area (Å²) < 4.78 is 1.88. The van der Waals surface area contributed by atoms with Gasteiger partial charge >= 0.3 is 0 Å². The van der Waals surface area contributed by atoms with E-state index in [4.69, 9.17) is 23.2 Å². The Morgan fingerprint density at radius 2 is 2.06 bits per heavy atom. The zero-order valence-corrected chi connectivity index (χ0v) is 11.8. The molecule has 0 aliphatic rings. The maximum atomic E-state index is 6.18. The molecule has 0 spiro atoms. The zero-order valence-electron chi connectivity index (χ0n) is 10.3. The third kappa shape index (κ3) is 3.67. The Kier molecular flexibility index (Phi) is 5.63. The monoisotopic (exact) mass is 262 g/mol. The van der Waals surface area contributed by atoms with Crippen molar-refractivity contribution in [2.24, 2.45) is 7.05 Å². The third-order valence-corrected chi connectivity index (χ3v) is 3.72. The Morgan fingerprint density at radius 1 is 1.38 bits per heavy atom. The van der Waals surface area contributed by atoms with Crippen LogP contribution in [0.4, 0.5) is 0 Å². The highest BCUT2D eigenvalue weighted by Crippen LogP contribution is 2.22. The van der Waals surface area contributed by atoms with Crippen molar-refractivity contribution in [1.29, 1.82) is 0 Å². The molecular weight excluding hydrogens is 243 g/mol. The summed E-state index contributed by atoms with van der Waals surface area (Å²) in [5.41, 5.74) is 2.04. The van der Waals surface area contributed by atoms with Gasteiger partial charge < -0.3 is 0 Å². The molecule has 1 heterocycles. The number of hydrogen-bond donors (Lipinski definition) is 0. The Labute approximate surface area is 108 Å². The van der Waals surface area contributed by atoms with Crippen LogP contribution in [0.3, 0.4) is 0 Å². The topological polar surface area (TPSA) is 17.8 Å². The fourth-order valence-corrected chi connectivity index (χ4v) is 2.53. The number of halogens is 2. The molecule has 16 heavy (non-hydrogen) atoms. The van der Waals surface area contributed by atoms with Gasteiger partial charge in [0.2, 0.25) is 0 Å². The Bertz CT molecular complexity index is 334. The van der Waals surface area contributed by atoms with E-state index in [0.717, 1.165) is 48.5 Å². The van der Waals surface area contributed by atoms with Gasteiger partial charge in [-0.2, -0.15) is 5.10 Å². The third-order valence-electron chi connectivity index (χ3n) is 2.79. The molecule has 0 radical (unpaired) electrons. The molecule has 0 aromatic carbocycles. The number of hydrogen-bond acceptors (Lipinski definition) is 1. The van der Waals surface area contributed by atoms with Crippen LogP contribution in [-0.2, 0) is 13.5 Å². The molecule has 0 amide bonds. The van der Waals surface area contributed by atoms with Crippen molar-refractivity contribution < 1.29 is 0 Å². The SMILES string of the molecule is CCCC(Cl)CCCc1c(Cl)c(C)nn1C. The second kappa shape index (κ2) is 6.51. The van der Waals surface area contributed by atoms with Crippen LogP contribution in [0.15, 0.2) is 0 Å². The second-order valence-electron chi connectivity index (χ2n) is 4.25. The van der Waals surface area contributed by atoms with Crippen LogP contribution in [0.25, 0.3) is 0 Å². The summed E-state index contributed by atoms with van der Waals surface area (Å²) in [7, 11) is 1.94. The second-order valence-corrected chi connectivity index (χ2v) is 5.24. The fourth-order valence-electron chi connectivity index (χ4n) is 1.90. The minimum Gasteiger partial charge on any atom is -0.271 e. The average molecular weight is 263 g/mol. The van der Waals surface area contributed by atoms with Crippen LogP contribution < -0.4 is 0 Å². The Hall–Kier alpha value is -0.210. The standard InChI is InChI=1S/C12H20Cl2N2/c1-4-6-10(13)7-5-8-11-12(14)9(2)15-16(11)3/h10H,4-8H2,1-3H3. The number of aromatic nitrogens is 2. The van der Waals surface area contributed by atoms with E-state index in [1.165, 1.54) is 0 Å². The molecule has 1 aromatic rings. The normalized spacial score (nSPS) is 13.1. The summed E-state index contributed by atoms with van der Waals surface area (Å²) in [5.74, 6) is 0. The van der Waals surface area contributed by atoms with Gasteiger partial charge in [0.1, 0.15) is 0 Å². The van der Waals surface area contributed by atoms with Gasteiger partial charge in [0, 0.05) is 12.4 Å². The Morgan fingerprint density at radius 3 is 2.56 bits per heavy atom. The van der Waals surface area contributed by atoms with Crippen LogP contribution in [0.2, 0.25) is 5.02 Å². The maximum Gasteiger partial charge on any atom is 0.0846 e. The van der Waals surface area contributed by atoms with Crippen molar-refractivity contribution in [3.8, 4) is 0 Å². The molecule has 2 nitrogen and oxygen atoms in total.